The number of piperazine rings is 1. The van der Waals surface area contributed by atoms with Crippen molar-refractivity contribution < 1.29 is 19.5 Å². The van der Waals surface area contributed by atoms with Crippen LogP contribution < -0.4 is 4.90 Å². The van der Waals surface area contributed by atoms with Gasteiger partial charge >= 0.3 is 0 Å². The molecule has 0 radical (unpaired) electrons. The second-order valence-corrected chi connectivity index (χ2v) is 12.3. The van der Waals surface area contributed by atoms with Crippen LogP contribution in [0.4, 0.5) is 5.82 Å². The van der Waals surface area contributed by atoms with Gasteiger partial charge < -0.3 is 10.0 Å². The molecule has 1 N–H and O–H groups in total. The van der Waals surface area contributed by atoms with Gasteiger partial charge in [0.15, 0.2) is 11.6 Å². The third-order valence-corrected chi connectivity index (χ3v) is 10.6. The summed E-state index contributed by atoms with van der Waals surface area (Å²) in [6.07, 6.45) is 10.1. The zero-order valence-electron chi connectivity index (χ0n) is 21.9. The summed E-state index contributed by atoms with van der Waals surface area (Å²) in [6, 6.07) is 5.89. The van der Waals surface area contributed by atoms with Crippen molar-refractivity contribution in [3.05, 3.63) is 48.2 Å². The molecule has 1 aromatic rings. The van der Waals surface area contributed by atoms with Crippen molar-refractivity contribution in [1.82, 2.24) is 9.88 Å². The monoisotopic (exact) mass is 503 g/mol. The van der Waals surface area contributed by atoms with Gasteiger partial charge in [-0.15, -0.1) is 0 Å². The number of hydrogen-bond acceptors (Lipinski definition) is 7. The van der Waals surface area contributed by atoms with Crippen LogP contribution in [0.25, 0.3) is 0 Å². The minimum Gasteiger partial charge on any atom is -0.381 e. The number of rotatable bonds is 4. The minimum atomic E-state index is -1.48. The lowest BCUT2D eigenvalue weighted by Gasteiger charge is -2.56. The first kappa shape index (κ1) is 24.7. The second-order valence-electron chi connectivity index (χ2n) is 12.3. The van der Waals surface area contributed by atoms with Crippen molar-refractivity contribution in [2.24, 2.45) is 28.6 Å². The van der Waals surface area contributed by atoms with Gasteiger partial charge in [-0.25, -0.2) is 4.98 Å². The highest BCUT2D eigenvalue weighted by Gasteiger charge is 2.68. The highest BCUT2D eigenvalue weighted by molar-refractivity contribution is 6.02. The van der Waals surface area contributed by atoms with Gasteiger partial charge in [-0.05, 0) is 61.8 Å². The average Bonchev–Trinajstić information content (AvgIpc) is 3.16. The van der Waals surface area contributed by atoms with E-state index in [2.05, 4.69) is 21.7 Å². The standard InChI is InChI=1S/C30H37N3O4/c1-28-10-8-21(34)17-20(28)6-7-22-23-9-11-30(37,29(23,2)18-24(35)27(22)28)25(36)19-32-13-15-33(16-14-32)26-5-3-4-12-31-26/h3-5,8,10,12,17,22-23,27,37H,6-7,9,11,13-16,18-19H2,1-2H3/t22-,23-,27+,28-,29-,30-/m0/s1. The van der Waals surface area contributed by atoms with Crippen LogP contribution in [0.15, 0.2) is 48.2 Å². The Hall–Kier alpha value is -2.64. The summed E-state index contributed by atoms with van der Waals surface area (Å²) >= 11 is 0. The Bertz CT molecular complexity index is 1190. The zero-order valence-corrected chi connectivity index (χ0v) is 21.9. The zero-order chi connectivity index (χ0) is 26.0. The number of aromatic nitrogens is 1. The van der Waals surface area contributed by atoms with Gasteiger partial charge in [-0.1, -0.05) is 31.6 Å². The van der Waals surface area contributed by atoms with Crippen LogP contribution in [-0.2, 0) is 14.4 Å². The highest BCUT2D eigenvalue weighted by atomic mass is 16.3. The number of pyridine rings is 1. The third-order valence-electron chi connectivity index (χ3n) is 10.6. The van der Waals surface area contributed by atoms with Crippen LogP contribution in [0.3, 0.4) is 0 Å². The molecule has 0 bridgehead atoms. The number of fused-ring (bicyclic) bond motifs is 5. The predicted octanol–water partition coefficient (Wildman–Crippen LogP) is 2.99. The Morgan fingerprint density at radius 2 is 1.92 bits per heavy atom. The Kier molecular flexibility index (Phi) is 5.81. The molecule has 7 heteroatoms. The van der Waals surface area contributed by atoms with Crippen molar-refractivity contribution in [2.45, 2.75) is 51.6 Å². The van der Waals surface area contributed by atoms with Crippen molar-refractivity contribution in [1.29, 1.82) is 0 Å². The van der Waals surface area contributed by atoms with Gasteiger partial charge in [0.05, 0.1) is 6.54 Å². The van der Waals surface area contributed by atoms with Crippen molar-refractivity contribution >= 4 is 23.2 Å². The third kappa shape index (κ3) is 3.68. The highest BCUT2D eigenvalue weighted by Crippen LogP contribution is 2.66. The summed E-state index contributed by atoms with van der Waals surface area (Å²) in [4.78, 5) is 48.4. The van der Waals surface area contributed by atoms with Gasteiger partial charge in [0.2, 0.25) is 0 Å². The van der Waals surface area contributed by atoms with Crippen LogP contribution in [0.2, 0.25) is 0 Å². The Morgan fingerprint density at radius 1 is 1.14 bits per heavy atom. The fourth-order valence-electron chi connectivity index (χ4n) is 8.50. The first-order valence-electron chi connectivity index (χ1n) is 13.8. The first-order chi connectivity index (χ1) is 17.7. The molecule has 6 atom stereocenters. The molecule has 4 fully saturated rings. The molecule has 1 aromatic heterocycles. The molecule has 0 amide bonds. The fraction of sp³-hybridized carbons (Fsp3) is 0.600. The van der Waals surface area contributed by atoms with Crippen LogP contribution in [0.1, 0.15) is 46.0 Å². The minimum absolute atomic E-state index is 0.000671. The summed E-state index contributed by atoms with van der Waals surface area (Å²) in [7, 11) is 0. The van der Waals surface area contributed by atoms with Gasteiger partial charge in [0.25, 0.3) is 0 Å². The number of ketones is 3. The summed E-state index contributed by atoms with van der Waals surface area (Å²) in [6.45, 7) is 7.35. The lowest BCUT2D eigenvalue weighted by molar-refractivity contribution is -0.167. The second kappa shape index (κ2) is 8.70. The summed E-state index contributed by atoms with van der Waals surface area (Å²) in [5, 5.41) is 12.0. The topological polar surface area (TPSA) is 90.8 Å². The molecular formula is C30H37N3O4. The molecule has 5 aliphatic rings. The number of nitrogens with zero attached hydrogens (tertiary/aromatic N) is 3. The molecule has 37 heavy (non-hydrogen) atoms. The summed E-state index contributed by atoms with van der Waals surface area (Å²) in [5.74, 6) is 0.996. The Balaban J connectivity index is 1.18. The number of allylic oxidation sites excluding steroid dienone is 4. The van der Waals surface area contributed by atoms with Crippen molar-refractivity contribution in [2.75, 3.05) is 37.6 Å². The van der Waals surface area contributed by atoms with Crippen LogP contribution in [0.5, 0.6) is 0 Å². The number of hydrogen-bond donors (Lipinski definition) is 1. The van der Waals surface area contributed by atoms with E-state index in [1.807, 2.05) is 31.2 Å². The predicted molar refractivity (Wildman–Crippen MR) is 140 cm³/mol. The maximum Gasteiger partial charge on any atom is 0.178 e. The van der Waals surface area contributed by atoms with E-state index in [1.54, 1.807) is 18.3 Å². The Labute approximate surface area is 218 Å². The van der Waals surface area contributed by atoms with E-state index in [-0.39, 0.29) is 48.1 Å². The van der Waals surface area contributed by atoms with E-state index in [0.717, 1.165) is 56.8 Å². The molecule has 3 saturated carbocycles. The molecule has 0 unspecified atom stereocenters. The molecule has 1 saturated heterocycles. The average molecular weight is 504 g/mol. The Morgan fingerprint density at radius 3 is 2.65 bits per heavy atom. The van der Waals surface area contributed by atoms with Gasteiger partial charge in [-0.2, -0.15) is 0 Å². The lowest BCUT2D eigenvalue weighted by Crippen LogP contribution is -2.61. The first-order valence-corrected chi connectivity index (χ1v) is 13.8. The van der Waals surface area contributed by atoms with Crippen LogP contribution >= 0.6 is 0 Å². The summed E-state index contributed by atoms with van der Waals surface area (Å²) in [5.41, 5.74) is -1.60. The molecule has 4 aliphatic carbocycles. The normalized spacial score (nSPS) is 39.6. The molecule has 0 spiro atoms. The maximum atomic E-state index is 13.8. The van der Waals surface area contributed by atoms with Gasteiger partial charge in [-0.3, -0.25) is 19.3 Å². The maximum absolute atomic E-state index is 13.8. The van der Waals surface area contributed by atoms with E-state index in [4.69, 9.17) is 0 Å². The van der Waals surface area contributed by atoms with Gasteiger partial charge in [0.1, 0.15) is 17.2 Å². The SMILES string of the molecule is C[C@]12C=CC(=O)C=C1CC[C@@H]1[C@@H]2C(=O)C[C@@]2(C)[C@H]1CC[C@]2(O)C(=O)CN1CCN(c2ccccn2)CC1. The van der Waals surface area contributed by atoms with E-state index in [1.165, 1.54) is 0 Å². The number of anilines is 1. The van der Waals surface area contributed by atoms with Crippen LogP contribution in [-0.4, -0.2) is 70.7 Å². The largest absolute Gasteiger partial charge is 0.381 e. The van der Waals surface area contributed by atoms with E-state index < -0.39 is 16.4 Å². The fourth-order valence-corrected chi connectivity index (χ4v) is 8.50. The van der Waals surface area contributed by atoms with Crippen molar-refractivity contribution in [3.63, 3.8) is 0 Å². The number of carbonyl (C=O) groups excluding carboxylic acids is 3. The summed E-state index contributed by atoms with van der Waals surface area (Å²) < 4.78 is 0. The van der Waals surface area contributed by atoms with E-state index in [0.29, 0.717) is 6.42 Å². The lowest BCUT2D eigenvalue weighted by atomic mass is 9.46. The van der Waals surface area contributed by atoms with Crippen molar-refractivity contribution in [3.8, 4) is 0 Å². The van der Waals surface area contributed by atoms with Crippen LogP contribution in [0, 0.1) is 28.6 Å². The van der Waals surface area contributed by atoms with E-state index in [9.17, 15) is 19.5 Å². The number of aliphatic hydroxyl groups is 1. The van der Waals surface area contributed by atoms with Gasteiger partial charge in [0, 0.05) is 55.5 Å². The number of Topliss-reactive ketones (excluding diaryl/α,β-unsaturated/α-hetero) is 2. The molecule has 2 heterocycles. The van der Waals surface area contributed by atoms with E-state index >= 15 is 0 Å². The molecular weight excluding hydrogens is 466 g/mol. The molecule has 1 aliphatic heterocycles. The number of carbonyl (C=O) groups is 3. The molecule has 6 rings (SSSR count). The molecule has 7 nitrogen and oxygen atoms in total. The molecule has 196 valence electrons. The quantitative estimate of drug-likeness (QED) is 0.676. The molecule has 0 aromatic carbocycles. The smallest absolute Gasteiger partial charge is 0.178 e.